The van der Waals surface area contributed by atoms with E-state index in [0.29, 0.717) is 5.57 Å². The molecule has 0 amide bonds. The summed E-state index contributed by atoms with van der Waals surface area (Å²) in [5.41, 5.74) is -6.07. The van der Waals surface area contributed by atoms with Crippen molar-refractivity contribution in [1.82, 2.24) is 0 Å². The molecule has 2 saturated carbocycles. The highest BCUT2D eigenvalue weighted by molar-refractivity contribution is 6.08. The Kier molecular flexibility index (Phi) is 6.89. The largest absolute Gasteiger partial charge is 0.455 e. The predicted octanol–water partition coefficient (Wildman–Crippen LogP) is 1.93. The lowest BCUT2D eigenvalue weighted by Crippen LogP contribution is -2.81. The van der Waals surface area contributed by atoms with E-state index in [4.69, 9.17) is 14.2 Å². The van der Waals surface area contributed by atoms with Crippen LogP contribution in [-0.4, -0.2) is 81.0 Å². The molecule has 0 radical (unpaired) electrons. The number of Topliss-reactive ketones (excluding diaryl/α,β-unsaturated/α-hetero) is 2. The first-order valence-electron chi connectivity index (χ1n) is 14.0. The second-order valence-corrected chi connectivity index (χ2v) is 12.8. The zero-order valence-electron chi connectivity index (χ0n) is 24.2. The van der Waals surface area contributed by atoms with Crippen molar-refractivity contribution in [2.45, 2.75) is 90.0 Å². The van der Waals surface area contributed by atoms with E-state index in [0.717, 1.165) is 0 Å². The number of aliphatic hydroxyl groups is 3. The molecule has 0 spiro atoms. The third-order valence-electron chi connectivity index (χ3n) is 10.4. The topological polar surface area (TPSA) is 157 Å². The lowest BCUT2D eigenvalue weighted by atomic mass is 9.43. The second kappa shape index (κ2) is 9.55. The first kappa shape index (κ1) is 29.6. The molecule has 9 atom stereocenters. The molecule has 2 bridgehead atoms. The predicted molar refractivity (Wildman–Crippen MR) is 143 cm³/mol. The average molecular weight is 571 g/mol. The van der Waals surface area contributed by atoms with Crippen LogP contribution in [0.4, 0.5) is 0 Å². The van der Waals surface area contributed by atoms with E-state index in [2.05, 4.69) is 0 Å². The second-order valence-electron chi connectivity index (χ2n) is 12.8. The average Bonchev–Trinajstić information content (AvgIpc) is 2.89. The molecule has 0 aromatic heterocycles. The van der Waals surface area contributed by atoms with Crippen molar-refractivity contribution >= 4 is 23.5 Å². The highest BCUT2D eigenvalue weighted by Crippen LogP contribution is 2.64. The van der Waals surface area contributed by atoms with Gasteiger partial charge in [0.1, 0.15) is 23.6 Å². The van der Waals surface area contributed by atoms with Crippen molar-refractivity contribution in [3.63, 3.8) is 0 Å². The Labute approximate surface area is 238 Å². The van der Waals surface area contributed by atoms with Gasteiger partial charge in [-0.3, -0.25) is 14.4 Å². The minimum atomic E-state index is -2.07. The van der Waals surface area contributed by atoms with Crippen LogP contribution in [0.15, 0.2) is 41.5 Å². The molecule has 5 rings (SSSR count). The Hall–Kier alpha value is -2.92. The fraction of sp³-hybridized carbons (Fsp3) is 0.613. The maximum absolute atomic E-state index is 14.8. The van der Waals surface area contributed by atoms with Crippen LogP contribution in [0.2, 0.25) is 0 Å². The number of carbonyl (C=O) groups excluding carboxylic acids is 4. The van der Waals surface area contributed by atoms with Gasteiger partial charge in [-0.2, -0.15) is 0 Å². The summed E-state index contributed by atoms with van der Waals surface area (Å²) in [6.45, 7) is 8.69. The van der Waals surface area contributed by atoms with Gasteiger partial charge in [0.25, 0.3) is 0 Å². The highest BCUT2D eigenvalue weighted by Gasteiger charge is 2.78. The van der Waals surface area contributed by atoms with E-state index in [1.807, 2.05) is 0 Å². The van der Waals surface area contributed by atoms with E-state index < -0.39 is 81.8 Å². The minimum Gasteiger partial charge on any atom is -0.455 e. The number of rotatable bonds is 4. The van der Waals surface area contributed by atoms with E-state index >= 15 is 0 Å². The Balaban J connectivity index is 1.85. The van der Waals surface area contributed by atoms with Crippen LogP contribution in [0.5, 0.6) is 0 Å². The summed E-state index contributed by atoms with van der Waals surface area (Å²) >= 11 is 0. The molecule has 3 aliphatic carbocycles. The van der Waals surface area contributed by atoms with Gasteiger partial charge in [0.2, 0.25) is 0 Å². The highest BCUT2D eigenvalue weighted by atomic mass is 16.6. The number of ketones is 2. The van der Waals surface area contributed by atoms with Gasteiger partial charge >= 0.3 is 11.9 Å². The molecule has 1 aromatic carbocycles. The third-order valence-corrected chi connectivity index (χ3v) is 10.4. The summed E-state index contributed by atoms with van der Waals surface area (Å²) < 4.78 is 17.9. The Morgan fingerprint density at radius 3 is 2.22 bits per heavy atom. The molecule has 1 heterocycles. The van der Waals surface area contributed by atoms with Gasteiger partial charge in [-0.25, -0.2) is 4.79 Å². The Morgan fingerprint density at radius 2 is 1.68 bits per heavy atom. The van der Waals surface area contributed by atoms with Gasteiger partial charge in [0.15, 0.2) is 11.4 Å². The number of esters is 2. The van der Waals surface area contributed by atoms with Crippen molar-refractivity contribution in [2.24, 2.45) is 22.7 Å². The van der Waals surface area contributed by atoms with Crippen LogP contribution in [0, 0.1) is 22.7 Å². The van der Waals surface area contributed by atoms with Crippen molar-refractivity contribution in [2.75, 3.05) is 6.61 Å². The molecule has 10 heteroatoms. The molecule has 10 nitrogen and oxygen atoms in total. The smallest absolute Gasteiger partial charge is 0.338 e. The standard InChI is InChI=1S/C31H38O10/c1-15-19(34)13-31(38)26(40-27(37)18-10-8-7-9-11-18)24-29(6,25(36)22(16(2)32)23(15)28(31,4)5)20(35)12-21-30(24,14-39-21)41-17(3)33/h7-11,19-22,24,26,34-35,38H,12-14H2,1-6H3/t19?,20-,21+,22+,24-,26-,29+,30-,31+/m0/s1. The molecule has 3 N–H and O–H groups in total. The fourth-order valence-corrected chi connectivity index (χ4v) is 8.10. The normalized spacial score (nSPS) is 41.1. The van der Waals surface area contributed by atoms with Gasteiger partial charge in [-0.15, -0.1) is 0 Å². The molecule has 1 saturated heterocycles. The molecular weight excluding hydrogens is 532 g/mol. The lowest BCUT2D eigenvalue weighted by molar-refractivity contribution is -0.345. The maximum Gasteiger partial charge on any atom is 0.338 e. The van der Waals surface area contributed by atoms with Crippen LogP contribution in [0.1, 0.15) is 64.7 Å². The van der Waals surface area contributed by atoms with Crippen LogP contribution >= 0.6 is 0 Å². The summed E-state index contributed by atoms with van der Waals surface area (Å²) in [7, 11) is 0. The molecule has 3 fully saturated rings. The lowest BCUT2D eigenvalue weighted by Gasteiger charge is -2.67. The summed E-state index contributed by atoms with van der Waals surface area (Å²) in [5.74, 6) is -5.41. The van der Waals surface area contributed by atoms with Gasteiger partial charge in [0, 0.05) is 25.2 Å². The Morgan fingerprint density at radius 1 is 1.05 bits per heavy atom. The van der Waals surface area contributed by atoms with Gasteiger partial charge < -0.3 is 29.5 Å². The number of hydrogen-bond donors (Lipinski definition) is 3. The monoisotopic (exact) mass is 570 g/mol. The third kappa shape index (κ3) is 3.91. The SMILES string of the molecule is CC(=O)O[C@@]12CO[C@@H]1C[C@H](O)[C@@]1(C)C(=O)[C@H](C(C)=O)C3=C(C)C(O)C[C@@](O)([C@@H](OC(=O)c4ccccc4)[C@H]21)C3(C)C. The summed E-state index contributed by atoms with van der Waals surface area (Å²) in [5, 5.41) is 35.7. The molecule has 1 unspecified atom stereocenters. The zero-order chi connectivity index (χ0) is 30.3. The van der Waals surface area contributed by atoms with E-state index in [9.17, 15) is 34.5 Å². The first-order valence-corrected chi connectivity index (χ1v) is 14.0. The van der Waals surface area contributed by atoms with Gasteiger partial charge in [-0.05, 0) is 44.1 Å². The maximum atomic E-state index is 14.8. The summed E-state index contributed by atoms with van der Waals surface area (Å²) in [6, 6.07) is 8.09. The van der Waals surface area contributed by atoms with E-state index in [1.54, 1.807) is 39.0 Å². The quantitative estimate of drug-likeness (QED) is 0.278. The van der Waals surface area contributed by atoms with Crippen molar-refractivity contribution in [1.29, 1.82) is 0 Å². The molecule has 222 valence electrons. The van der Waals surface area contributed by atoms with Crippen molar-refractivity contribution in [3.05, 3.63) is 47.0 Å². The molecule has 41 heavy (non-hydrogen) atoms. The van der Waals surface area contributed by atoms with Crippen LogP contribution in [-0.2, 0) is 28.6 Å². The van der Waals surface area contributed by atoms with Crippen LogP contribution in [0.3, 0.4) is 0 Å². The van der Waals surface area contributed by atoms with Crippen molar-refractivity contribution < 1.29 is 48.7 Å². The van der Waals surface area contributed by atoms with E-state index in [-0.39, 0.29) is 30.6 Å². The molecule has 4 aliphatic rings. The minimum absolute atomic E-state index is 0.0848. The zero-order valence-corrected chi connectivity index (χ0v) is 24.2. The van der Waals surface area contributed by atoms with Gasteiger partial charge in [0.05, 0.1) is 41.6 Å². The molecule has 1 aliphatic heterocycles. The Bertz CT molecular complexity index is 1330. The molecular formula is C31H38O10. The number of benzene rings is 1. The fourth-order valence-electron chi connectivity index (χ4n) is 8.10. The van der Waals surface area contributed by atoms with Gasteiger partial charge in [-0.1, -0.05) is 32.0 Å². The summed E-state index contributed by atoms with van der Waals surface area (Å²) in [4.78, 5) is 54.3. The number of ether oxygens (including phenoxy) is 3. The summed E-state index contributed by atoms with van der Waals surface area (Å²) in [6.07, 6.45) is -5.50. The first-order chi connectivity index (χ1) is 19.0. The van der Waals surface area contributed by atoms with Crippen LogP contribution < -0.4 is 0 Å². The number of fused-ring (bicyclic) bond motifs is 5. The van der Waals surface area contributed by atoms with E-state index in [1.165, 1.54) is 32.9 Å². The molecule has 1 aromatic rings. The number of carbonyl (C=O) groups is 4. The van der Waals surface area contributed by atoms with Crippen molar-refractivity contribution in [3.8, 4) is 0 Å². The van der Waals surface area contributed by atoms with Crippen LogP contribution in [0.25, 0.3) is 0 Å². The number of hydrogen-bond acceptors (Lipinski definition) is 10. The number of aliphatic hydroxyl groups excluding tert-OH is 2.